The second-order valence-electron chi connectivity index (χ2n) is 3.57. The van der Waals surface area contributed by atoms with Crippen molar-refractivity contribution >= 4 is 6.09 Å². The molecule has 1 rings (SSSR count). The second kappa shape index (κ2) is 4.43. The van der Waals surface area contributed by atoms with Crippen LogP contribution in [0.2, 0.25) is 0 Å². The van der Waals surface area contributed by atoms with E-state index in [4.69, 9.17) is 21.3 Å². The molecular weight excluding hydrogens is 172 g/mol. The standard InChI is InChI=1S/C8H16N2O3/c9-6(4-11)1-5-2-7(3-5)13-8(10)12/h5-7,11H,1-4,9H2,(H2,10,12)/t5?,6-,7?/m1/s1. The van der Waals surface area contributed by atoms with E-state index in [1.54, 1.807) is 0 Å². The van der Waals surface area contributed by atoms with Crippen molar-refractivity contribution in [2.24, 2.45) is 17.4 Å². The van der Waals surface area contributed by atoms with Crippen LogP contribution in [0.4, 0.5) is 4.79 Å². The van der Waals surface area contributed by atoms with Crippen LogP contribution in [-0.2, 0) is 4.74 Å². The van der Waals surface area contributed by atoms with Crippen molar-refractivity contribution in [1.82, 2.24) is 0 Å². The minimum absolute atomic E-state index is 0.0117. The number of ether oxygens (including phenoxy) is 1. The Labute approximate surface area is 77.0 Å². The van der Waals surface area contributed by atoms with E-state index in [1.165, 1.54) is 0 Å². The Balaban J connectivity index is 2.08. The number of aliphatic hydroxyl groups excluding tert-OH is 1. The molecule has 1 saturated carbocycles. The van der Waals surface area contributed by atoms with Crippen LogP contribution in [0, 0.1) is 5.92 Å². The summed E-state index contributed by atoms with van der Waals surface area (Å²) in [5, 5.41) is 8.68. The van der Waals surface area contributed by atoms with E-state index in [-0.39, 0.29) is 18.8 Å². The molecule has 1 atom stereocenters. The molecule has 13 heavy (non-hydrogen) atoms. The quantitative estimate of drug-likeness (QED) is 0.557. The first-order valence-electron chi connectivity index (χ1n) is 4.44. The molecule has 0 aromatic heterocycles. The molecule has 0 heterocycles. The third-order valence-electron chi connectivity index (χ3n) is 2.35. The maximum Gasteiger partial charge on any atom is 0.404 e. The van der Waals surface area contributed by atoms with Crippen molar-refractivity contribution in [3.63, 3.8) is 0 Å². The number of aliphatic hydroxyl groups is 1. The highest BCUT2D eigenvalue weighted by atomic mass is 16.6. The zero-order valence-corrected chi connectivity index (χ0v) is 7.48. The van der Waals surface area contributed by atoms with Gasteiger partial charge in [0.25, 0.3) is 0 Å². The fourth-order valence-electron chi connectivity index (χ4n) is 1.63. The lowest BCUT2D eigenvalue weighted by Crippen LogP contribution is -2.39. The van der Waals surface area contributed by atoms with E-state index < -0.39 is 6.09 Å². The first-order chi connectivity index (χ1) is 6.11. The Morgan fingerprint density at radius 1 is 1.62 bits per heavy atom. The summed E-state index contributed by atoms with van der Waals surface area (Å²) in [6.07, 6.45) is 1.67. The van der Waals surface area contributed by atoms with E-state index in [2.05, 4.69) is 0 Å². The largest absolute Gasteiger partial charge is 0.446 e. The van der Waals surface area contributed by atoms with Gasteiger partial charge in [0.2, 0.25) is 0 Å². The summed E-state index contributed by atoms with van der Waals surface area (Å²) in [5.41, 5.74) is 10.4. The lowest BCUT2D eigenvalue weighted by molar-refractivity contribution is 0.0154. The Morgan fingerprint density at radius 3 is 2.69 bits per heavy atom. The maximum absolute atomic E-state index is 10.3. The minimum atomic E-state index is -0.713. The topological polar surface area (TPSA) is 98.6 Å². The molecule has 76 valence electrons. The van der Waals surface area contributed by atoms with Crippen LogP contribution in [0.25, 0.3) is 0 Å². The van der Waals surface area contributed by atoms with Gasteiger partial charge in [-0.05, 0) is 25.2 Å². The zero-order valence-electron chi connectivity index (χ0n) is 7.48. The zero-order chi connectivity index (χ0) is 9.84. The highest BCUT2D eigenvalue weighted by Crippen LogP contribution is 2.33. The number of rotatable bonds is 4. The summed E-state index contributed by atoms with van der Waals surface area (Å²) in [5.74, 6) is 0.464. The van der Waals surface area contributed by atoms with Gasteiger partial charge in [-0.2, -0.15) is 0 Å². The molecule has 0 unspecified atom stereocenters. The third-order valence-corrected chi connectivity index (χ3v) is 2.35. The number of hydrogen-bond donors (Lipinski definition) is 3. The summed E-state index contributed by atoms with van der Waals surface area (Å²) in [7, 11) is 0. The number of nitrogens with two attached hydrogens (primary N) is 2. The first-order valence-corrected chi connectivity index (χ1v) is 4.44. The van der Waals surface area contributed by atoms with E-state index in [1.807, 2.05) is 0 Å². The van der Waals surface area contributed by atoms with Gasteiger partial charge in [-0.25, -0.2) is 4.79 Å². The number of carbonyl (C=O) groups is 1. The summed E-state index contributed by atoms with van der Waals surface area (Å²) >= 11 is 0. The van der Waals surface area contributed by atoms with E-state index in [0.717, 1.165) is 19.3 Å². The Morgan fingerprint density at radius 2 is 2.23 bits per heavy atom. The molecule has 1 aliphatic carbocycles. The molecule has 1 fully saturated rings. The van der Waals surface area contributed by atoms with Crippen LogP contribution in [0.5, 0.6) is 0 Å². The van der Waals surface area contributed by atoms with Crippen LogP contribution in [0.3, 0.4) is 0 Å². The first kappa shape index (κ1) is 10.3. The molecule has 5 heteroatoms. The maximum atomic E-state index is 10.3. The Kier molecular flexibility index (Phi) is 3.50. The van der Waals surface area contributed by atoms with Gasteiger partial charge in [0.1, 0.15) is 6.10 Å². The molecule has 0 radical (unpaired) electrons. The molecule has 5 N–H and O–H groups in total. The van der Waals surface area contributed by atoms with Crippen LogP contribution in [-0.4, -0.2) is 30.0 Å². The lowest BCUT2D eigenvalue weighted by atomic mass is 9.78. The summed E-state index contributed by atoms with van der Waals surface area (Å²) in [6.45, 7) is 0.0117. The Hall–Kier alpha value is -0.810. The molecule has 0 spiro atoms. The minimum Gasteiger partial charge on any atom is -0.446 e. The van der Waals surface area contributed by atoms with Gasteiger partial charge < -0.3 is 21.3 Å². The SMILES string of the molecule is NC(=O)OC1CC(C[C@@H](N)CO)C1. The van der Waals surface area contributed by atoms with Crippen molar-refractivity contribution in [2.75, 3.05) is 6.61 Å². The van der Waals surface area contributed by atoms with Crippen molar-refractivity contribution in [3.8, 4) is 0 Å². The van der Waals surface area contributed by atoms with E-state index in [0.29, 0.717) is 5.92 Å². The van der Waals surface area contributed by atoms with E-state index in [9.17, 15) is 4.79 Å². The van der Waals surface area contributed by atoms with Gasteiger partial charge in [0.05, 0.1) is 6.61 Å². The lowest BCUT2D eigenvalue weighted by Gasteiger charge is -2.35. The molecule has 0 bridgehead atoms. The van der Waals surface area contributed by atoms with Crippen molar-refractivity contribution in [1.29, 1.82) is 0 Å². The monoisotopic (exact) mass is 188 g/mol. The Bertz CT molecular complexity index is 180. The third kappa shape index (κ3) is 3.20. The predicted octanol–water partition coefficient (Wildman–Crippen LogP) is -0.430. The molecule has 5 nitrogen and oxygen atoms in total. The summed E-state index contributed by atoms with van der Waals surface area (Å²) in [4.78, 5) is 10.3. The van der Waals surface area contributed by atoms with Crippen molar-refractivity contribution < 1.29 is 14.6 Å². The van der Waals surface area contributed by atoms with Crippen molar-refractivity contribution in [3.05, 3.63) is 0 Å². The normalized spacial score (nSPS) is 29.1. The summed E-state index contributed by atoms with van der Waals surface area (Å²) in [6, 6.07) is -0.153. The van der Waals surface area contributed by atoms with Crippen molar-refractivity contribution in [2.45, 2.75) is 31.4 Å². The summed E-state index contributed by atoms with van der Waals surface area (Å²) < 4.78 is 4.77. The molecule has 0 aromatic rings. The molecule has 0 saturated heterocycles. The van der Waals surface area contributed by atoms with Gasteiger partial charge in [-0.3, -0.25) is 0 Å². The van der Waals surface area contributed by atoms with Gasteiger partial charge in [0.15, 0.2) is 0 Å². The number of primary amides is 1. The van der Waals surface area contributed by atoms with Gasteiger partial charge in [-0.1, -0.05) is 0 Å². The highest BCUT2D eigenvalue weighted by molar-refractivity contribution is 5.64. The van der Waals surface area contributed by atoms with Gasteiger partial charge in [-0.15, -0.1) is 0 Å². The predicted molar refractivity (Wildman–Crippen MR) is 46.9 cm³/mol. The highest BCUT2D eigenvalue weighted by Gasteiger charge is 2.32. The number of hydrogen-bond acceptors (Lipinski definition) is 4. The fraction of sp³-hybridized carbons (Fsp3) is 0.875. The van der Waals surface area contributed by atoms with E-state index >= 15 is 0 Å². The smallest absolute Gasteiger partial charge is 0.404 e. The van der Waals surface area contributed by atoms with Crippen LogP contribution >= 0.6 is 0 Å². The fourth-order valence-corrected chi connectivity index (χ4v) is 1.63. The van der Waals surface area contributed by atoms with Crippen LogP contribution in [0.1, 0.15) is 19.3 Å². The molecule has 0 aromatic carbocycles. The molecular formula is C8H16N2O3. The molecule has 1 aliphatic rings. The number of carbonyl (C=O) groups excluding carboxylic acids is 1. The van der Waals surface area contributed by atoms with Crippen LogP contribution in [0.15, 0.2) is 0 Å². The molecule has 1 amide bonds. The molecule has 0 aliphatic heterocycles. The average molecular weight is 188 g/mol. The average Bonchev–Trinajstić information content (AvgIpc) is 1.99. The van der Waals surface area contributed by atoms with Gasteiger partial charge >= 0.3 is 6.09 Å². The van der Waals surface area contributed by atoms with Gasteiger partial charge in [0, 0.05) is 6.04 Å². The van der Waals surface area contributed by atoms with Crippen LogP contribution < -0.4 is 11.5 Å². The second-order valence-corrected chi connectivity index (χ2v) is 3.57. The number of amides is 1.